The molecule has 0 rings (SSSR count). The maximum Gasteiger partial charge on any atom is 0.302 e. The summed E-state index contributed by atoms with van der Waals surface area (Å²) in [6, 6.07) is 0. The van der Waals surface area contributed by atoms with E-state index in [1.54, 1.807) is 0 Å². The summed E-state index contributed by atoms with van der Waals surface area (Å²) in [4.78, 5) is 20.9. The van der Waals surface area contributed by atoms with E-state index >= 15 is 0 Å². The van der Waals surface area contributed by atoms with Gasteiger partial charge in [-0.1, -0.05) is 0 Å². The second-order valence-electron chi connectivity index (χ2n) is 3.44. The van der Waals surface area contributed by atoms with Crippen molar-refractivity contribution in [3.8, 4) is 0 Å². The van der Waals surface area contributed by atoms with Crippen LogP contribution in [0.2, 0.25) is 0 Å². The van der Waals surface area contributed by atoms with Gasteiger partial charge in [0.1, 0.15) is 13.2 Å². The molecule has 0 fully saturated rings. The van der Waals surface area contributed by atoms with Gasteiger partial charge in [0.15, 0.2) is 0 Å². The van der Waals surface area contributed by atoms with E-state index in [4.69, 9.17) is 14.2 Å². The Kier molecular flexibility index (Phi) is 9.37. The highest BCUT2D eigenvalue weighted by Crippen LogP contribution is 1.92. The first-order valence-electron chi connectivity index (χ1n) is 5.48. The SMILES string of the molecule is CC(=O)OCCOCC(C)OCCOC(C)=O. The zero-order chi connectivity index (χ0) is 13.1. The molecule has 0 aromatic rings. The van der Waals surface area contributed by atoms with Crippen molar-refractivity contribution in [3.63, 3.8) is 0 Å². The van der Waals surface area contributed by atoms with Crippen LogP contribution in [0, 0.1) is 0 Å². The lowest BCUT2D eigenvalue weighted by atomic mass is 10.4. The fourth-order valence-corrected chi connectivity index (χ4v) is 0.976. The number of hydrogen-bond donors (Lipinski definition) is 0. The largest absolute Gasteiger partial charge is 0.463 e. The molecule has 0 saturated heterocycles. The van der Waals surface area contributed by atoms with E-state index in [0.717, 1.165) is 0 Å². The maximum atomic E-state index is 10.4. The lowest BCUT2D eigenvalue weighted by Crippen LogP contribution is -2.20. The fraction of sp³-hybridized carbons (Fsp3) is 0.818. The van der Waals surface area contributed by atoms with Crippen molar-refractivity contribution in [2.45, 2.75) is 26.9 Å². The molecule has 1 atom stereocenters. The molecule has 0 bridgehead atoms. The molecule has 100 valence electrons. The summed E-state index contributed by atoms with van der Waals surface area (Å²) in [6.07, 6.45) is -0.0945. The van der Waals surface area contributed by atoms with Gasteiger partial charge in [0.25, 0.3) is 0 Å². The second-order valence-corrected chi connectivity index (χ2v) is 3.44. The lowest BCUT2D eigenvalue weighted by Gasteiger charge is -2.13. The molecule has 0 N–H and O–H groups in total. The van der Waals surface area contributed by atoms with Crippen molar-refractivity contribution in [2.75, 3.05) is 33.0 Å². The maximum absolute atomic E-state index is 10.4. The summed E-state index contributed by atoms with van der Waals surface area (Å²) in [5, 5.41) is 0. The molecule has 0 saturated carbocycles. The van der Waals surface area contributed by atoms with Gasteiger partial charge in [0.05, 0.1) is 25.9 Å². The molecule has 0 heterocycles. The van der Waals surface area contributed by atoms with Crippen LogP contribution in [0.3, 0.4) is 0 Å². The predicted molar refractivity (Wildman–Crippen MR) is 59.5 cm³/mol. The summed E-state index contributed by atoms with van der Waals surface area (Å²) in [5.74, 6) is -0.641. The van der Waals surface area contributed by atoms with Crippen LogP contribution in [-0.2, 0) is 28.5 Å². The van der Waals surface area contributed by atoms with E-state index in [9.17, 15) is 9.59 Å². The Bertz CT molecular complexity index is 228. The quantitative estimate of drug-likeness (QED) is 0.438. The third kappa shape index (κ3) is 12.8. The highest BCUT2D eigenvalue weighted by Gasteiger charge is 2.03. The standard InChI is InChI=1S/C11H20O6/c1-9(15-6-7-17-11(3)13)8-14-4-5-16-10(2)12/h9H,4-8H2,1-3H3. The number of carbonyl (C=O) groups is 2. The molecule has 0 aliphatic heterocycles. The van der Waals surface area contributed by atoms with Crippen LogP contribution in [0.5, 0.6) is 0 Å². The Morgan fingerprint density at radius 1 is 0.941 bits per heavy atom. The number of hydrogen-bond acceptors (Lipinski definition) is 6. The van der Waals surface area contributed by atoms with Gasteiger partial charge in [-0.25, -0.2) is 0 Å². The predicted octanol–water partition coefficient (Wildman–Crippen LogP) is 0.534. The first-order valence-corrected chi connectivity index (χ1v) is 5.48. The molecule has 0 spiro atoms. The monoisotopic (exact) mass is 248 g/mol. The van der Waals surface area contributed by atoms with E-state index in [1.165, 1.54) is 13.8 Å². The lowest BCUT2D eigenvalue weighted by molar-refractivity contribution is -0.145. The first-order chi connectivity index (χ1) is 8.02. The van der Waals surface area contributed by atoms with Crippen molar-refractivity contribution < 1.29 is 28.5 Å². The van der Waals surface area contributed by atoms with Crippen LogP contribution in [0.4, 0.5) is 0 Å². The fourth-order valence-electron chi connectivity index (χ4n) is 0.976. The molecule has 0 amide bonds. The van der Waals surface area contributed by atoms with Crippen molar-refractivity contribution in [1.82, 2.24) is 0 Å². The van der Waals surface area contributed by atoms with Crippen LogP contribution in [0.15, 0.2) is 0 Å². The summed E-state index contributed by atoms with van der Waals surface area (Å²) in [6.45, 7) is 6.12. The average Bonchev–Trinajstić information content (AvgIpc) is 2.23. The average molecular weight is 248 g/mol. The van der Waals surface area contributed by atoms with Gasteiger partial charge in [-0.2, -0.15) is 0 Å². The number of rotatable bonds is 9. The Labute approximate surface area is 101 Å². The molecule has 0 radical (unpaired) electrons. The summed E-state index contributed by atoms with van der Waals surface area (Å²) in [5.41, 5.74) is 0. The van der Waals surface area contributed by atoms with E-state index in [-0.39, 0.29) is 31.3 Å². The highest BCUT2D eigenvalue weighted by atomic mass is 16.6. The van der Waals surface area contributed by atoms with Gasteiger partial charge >= 0.3 is 11.9 Å². The molecule has 6 heteroatoms. The number of ether oxygens (including phenoxy) is 4. The van der Waals surface area contributed by atoms with E-state index in [2.05, 4.69) is 4.74 Å². The number of carbonyl (C=O) groups excluding carboxylic acids is 2. The number of esters is 2. The molecular formula is C11H20O6. The summed E-state index contributed by atoms with van der Waals surface area (Å²) in [7, 11) is 0. The second kappa shape index (κ2) is 10.0. The third-order valence-electron chi connectivity index (χ3n) is 1.68. The Morgan fingerprint density at radius 3 is 2.00 bits per heavy atom. The Morgan fingerprint density at radius 2 is 1.47 bits per heavy atom. The van der Waals surface area contributed by atoms with E-state index < -0.39 is 0 Å². The summed E-state index contributed by atoms with van der Waals surface area (Å²) >= 11 is 0. The van der Waals surface area contributed by atoms with Crippen LogP contribution in [0.25, 0.3) is 0 Å². The topological polar surface area (TPSA) is 71.1 Å². The van der Waals surface area contributed by atoms with Gasteiger partial charge in [0, 0.05) is 13.8 Å². The third-order valence-corrected chi connectivity index (χ3v) is 1.68. The molecule has 0 aliphatic carbocycles. The zero-order valence-corrected chi connectivity index (χ0v) is 10.6. The van der Waals surface area contributed by atoms with Crippen LogP contribution < -0.4 is 0 Å². The smallest absolute Gasteiger partial charge is 0.302 e. The Balaban J connectivity index is 3.25. The minimum absolute atomic E-state index is 0.0945. The molecule has 0 aromatic heterocycles. The van der Waals surface area contributed by atoms with Crippen molar-refractivity contribution in [3.05, 3.63) is 0 Å². The normalized spacial score (nSPS) is 11.9. The van der Waals surface area contributed by atoms with Gasteiger partial charge in [-0.15, -0.1) is 0 Å². The molecule has 6 nitrogen and oxygen atoms in total. The molecule has 1 unspecified atom stereocenters. The summed E-state index contributed by atoms with van der Waals surface area (Å²) < 4.78 is 19.9. The van der Waals surface area contributed by atoms with Gasteiger partial charge < -0.3 is 18.9 Å². The molecular weight excluding hydrogens is 228 g/mol. The molecule has 0 aromatic carbocycles. The van der Waals surface area contributed by atoms with E-state index in [1.807, 2.05) is 6.92 Å². The molecule has 0 aliphatic rings. The van der Waals surface area contributed by atoms with Gasteiger partial charge in [-0.05, 0) is 6.92 Å². The first kappa shape index (κ1) is 15.9. The van der Waals surface area contributed by atoms with Gasteiger partial charge in [-0.3, -0.25) is 9.59 Å². The van der Waals surface area contributed by atoms with Crippen LogP contribution in [-0.4, -0.2) is 51.1 Å². The van der Waals surface area contributed by atoms with E-state index in [0.29, 0.717) is 19.8 Å². The Hall–Kier alpha value is -1.14. The zero-order valence-electron chi connectivity index (χ0n) is 10.6. The van der Waals surface area contributed by atoms with Crippen molar-refractivity contribution in [2.24, 2.45) is 0 Å². The molecule has 17 heavy (non-hydrogen) atoms. The van der Waals surface area contributed by atoms with Crippen molar-refractivity contribution in [1.29, 1.82) is 0 Å². The van der Waals surface area contributed by atoms with Crippen LogP contribution in [0.1, 0.15) is 20.8 Å². The highest BCUT2D eigenvalue weighted by molar-refractivity contribution is 5.66. The van der Waals surface area contributed by atoms with Crippen LogP contribution >= 0.6 is 0 Å². The minimum atomic E-state index is -0.320. The van der Waals surface area contributed by atoms with Gasteiger partial charge in [0.2, 0.25) is 0 Å². The van der Waals surface area contributed by atoms with Crippen molar-refractivity contribution >= 4 is 11.9 Å². The minimum Gasteiger partial charge on any atom is -0.463 e.